The van der Waals surface area contributed by atoms with Crippen molar-refractivity contribution >= 4 is 16.6 Å². The molecule has 1 aromatic carbocycles. The Morgan fingerprint density at radius 2 is 2.05 bits per heavy atom. The van der Waals surface area contributed by atoms with Crippen LogP contribution >= 0.6 is 0 Å². The van der Waals surface area contributed by atoms with Crippen LogP contribution in [0.1, 0.15) is 12.6 Å². The summed E-state index contributed by atoms with van der Waals surface area (Å²) in [7, 11) is 1.50. The summed E-state index contributed by atoms with van der Waals surface area (Å²) >= 11 is 0. The Kier molecular flexibility index (Phi) is 4.52. The van der Waals surface area contributed by atoms with Crippen LogP contribution in [0.15, 0.2) is 24.3 Å². The molecular weight excluding hydrogens is 285 g/mol. The van der Waals surface area contributed by atoms with Gasteiger partial charge in [0.15, 0.2) is 5.75 Å². The molecule has 0 radical (unpaired) electrons. The van der Waals surface area contributed by atoms with E-state index in [1.807, 2.05) is 6.92 Å². The van der Waals surface area contributed by atoms with Crippen molar-refractivity contribution in [1.82, 2.24) is 4.98 Å². The molecule has 0 atom stereocenters. The fraction of sp³-hybridized carbons (Fsp3) is 0.357. The number of halogens is 3. The lowest BCUT2D eigenvalue weighted by molar-refractivity contribution is -0.274. The van der Waals surface area contributed by atoms with Crippen LogP contribution in [0, 0.1) is 0 Å². The molecule has 21 heavy (non-hydrogen) atoms. The zero-order chi connectivity index (χ0) is 15.5. The Hall–Kier alpha value is -2.02. The number of aromatic nitrogens is 1. The van der Waals surface area contributed by atoms with Gasteiger partial charge < -0.3 is 14.8 Å². The van der Waals surface area contributed by atoms with Gasteiger partial charge >= 0.3 is 6.36 Å². The Morgan fingerprint density at radius 3 is 2.67 bits per heavy atom. The smallest absolute Gasteiger partial charge is 0.403 e. The monoisotopic (exact) mass is 300 g/mol. The molecule has 2 rings (SSSR count). The maximum absolute atomic E-state index is 12.5. The van der Waals surface area contributed by atoms with Crippen molar-refractivity contribution in [2.45, 2.75) is 19.9 Å². The maximum Gasteiger partial charge on any atom is 0.573 e. The molecule has 0 spiro atoms. The van der Waals surface area contributed by atoms with Crippen molar-refractivity contribution in [3.63, 3.8) is 0 Å². The van der Waals surface area contributed by atoms with Gasteiger partial charge in [0.25, 0.3) is 0 Å². The van der Waals surface area contributed by atoms with Gasteiger partial charge in [-0.1, -0.05) is 12.1 Å². The number of rotatable bonds is 5. The molecule has 7 heteroatoms. The van der Waals surface area contributed by atoms with Crippen molar-refractivity contribution in [1.29, 1.82) is 0 Å². The molecule has 2 aromatic rings. The fourth-order valence-electron chi connectivity index (χ4n) is 2.04. The summed E-state index contributed by atoms with van der Waals surface area (Å²) in [6.45, 7) is 2.74. The number of alkyl halides is 3. The van der Waals surface area contributed by atoms with E-state index < -0.39 is 6.36 Å². The predicted octanol–water partition coefficient (Wildman–Crippen LogP) is 3.71. The zero-order valence-electron chi connectivity index (χ0n) is 11.6. The van der Waals surface area contributed by atoms with Gasteiger partial charge in [-0.05, 0) is 19.1 Å². The number of benzene rings is 1. The molecule has 1 heterocycles. The topological polar surface area (TPSA) is 43.4 Å². The van der Waals surface area contributed by atoms with E-state index in [0.717, 1.165) is 0 Å². The number of para-hydroxylation sites is 1. The highest BCUT2D eigenvalue weighted by Crippen LogP contribution is 2.33. The van der Waals surface area contributed by atoms with Crippen LogP contribution in [0.3, 0.4) is 0 Å². The van der Waals surface area contributed by atoms with E-state index >= 15 is 0 Å². The first-order chi connectivity index (χ1) is 9.94. The summed E-state index contributed by atoms with van der Waals surface area (Å²) in [5.41, 5.74) is 1.38. The first-order valence-corrected chi connectivity index (χ1v) is 6.35. The van der Waals surface area contributed by atoms with Gasteiger partial charge in [-0.3, -0.25) is 0 Å². The van der Waals surface area contributed by atoms with Gasteiger partial charge in [-0.15, -0.1) is 13.2 Å². The van der Waals surface area contributed by atoms with E-state index in [1.54, 1.807) is 12.1 Å². The first-order valence-electron chi connectivity index (χ1n) is 6.35. The average Bonchev–Trinajstić information content (AvgIpc) is 2.39. The molecule has 0 amide bonds. The van der Waals surface area contributed by atoms with Crippen LogP contribution in [0.2, 0.25) is 0 Å². The van der Waals surface area contributed by atoms with Gasteiger partial charge in [0.2, 0.25) is 0 Å². The van der Waals surface area contributed by atoms with Crippen LogP contribution < -0.4 is 10.1 Å². The van der Waals surface area contributed by atoms with Crippen LogP contribution in [-0.2, 0) is 11.3 Å². The number of hydrogen-bond acceptors (Lipinski definition) is 4. The largest absolute Gasteiger partial charge is 0.573 e. The first kappa shape index (κ1) is 15.4. The van der Waals surface area contributed by atoms with Gasteiger partial charge in [-0.2, -0.15) is 0 Å². The molecular formula is C14H15F3N2O2. The third-order valence-electron chi connectivity index (χ3n) is 2.74. The Labute approximate surface area is 119 Å². The molecule has 0 aliphatic rings. The SMILES string of the molecule is CCNc1cc(COC)nc2c(OC(F)(F)F)cccc12. The molecule has 1 N–H and O–H groups in total. The van der Waals surface area contributed by atoms with Crippen LogP contribution in [0.4, 0.5) is 18.9 Å². The van der Waals surface area contributed by atoms with Crippen molar-refractivity contribution in [3.8, 4) is 5.75 Å². The zero-order valence-corrected chi connectivity index (χ0v) is 11.6. The lowest BCUT2D eigenvalue weighted by Crippen LogP contribution is -2.17. The minimum absolute atomic E-state index is 0.153. The maximum atomic E-state index is 12.5. The van der Waals surface area contributed by atoms with Crippen LogP contribution in [0.25, 0.3) is 10.9 Å². The second kappa shape index (κ2) is 6.17. The van der Waals surface area contributed by atoms with Crippen LogP contribution in [0.5, 0.6) is 5.75 Å². The van der Waals surface area contributed by atoms with Crippen molar-refractivity contribution < 1.29 is 22.6 Å². The summed E-state index contributed by atoms with van der Waals surface area (Å²) in [6, 6.07) is 6.20. The Balaban J connectivity index is 2.60. The molecule has 114 valence electrons. The van der Waals surface area contributed by atoms with E-state index in [4.69, 9.17) is 4.74 Å². The number of methoxy groups -OCH3 is 1. The number of hydrogen-bond donors (Lipinski definition) is 1. The number of nitrogens with zero attached hydrogens (tertiary/aromatic N) is 1. The third-order valence-corrected chi connectivity index (χ3v) is 2.74. The minimum atomic E-state index is -4.76. The number of ether oxygens (including phenoxy) is 2. The normalized spacial score (nSPS) is 11.7. The van der Waals surface area contributed by atoms with Gasteiger partial charge in [0.1, 0.15) is 5.52 Å². The second-order valence-electron chi connectivity index (χ2n) is 4.32. The molecule has 0 bridgehead atoms. The molecule has 0 unspecified atom stereocenters. The van der Waals surface area contributed by atoms with Crippen molar-refractivity contribution in [3.05, 3.63) is 30.0 Å². The molecule has 4 nitrogen and oxygen atoms in total. The highest BCUT2D eigenvalue weighted by molar-refractivity contribution is 5.95. The van der Waals surface area contributed by atoms with Gasteiger partial charge in [-0.25, -0.2) is 4.98 Å². The Morgan fingerprint density at radius 1 is 1.29 bits per heavy atom. The van der Waals surface area contributed by atoms with Crippen LogP contribution in [-0.4, -0.2) is 25.0 Å². The number of fused-ring (bicyclic) bond motifs is 1. The number of nitrogens with one attached hydrogen (secondary N) is 1. The summed E-state index contributed by atoms with van der Waals surface area (Å²) in [5.74, 6) is -0.322. The van der Waals surface area contributed by atoms with Crippen molar-refractivity contribution in [2.75, 3.05) is 19.0 Å². The molecule has 0 fully saturated rings. The standard InChI is InChI=1S/C14H15F3N2O2/c1-3-18-11-7-9(8-20-2)19-13-10(11)5-4-6-12(13)21-14(15,16)17/h4-7H,3,8H2,1-2H3,(H,18,19). The van der Waals surface area contributed by atoms with E-state index in [-0.39, 0.29) is 17.9 Å². The molecule has 0 saturated heterocycles. The molecule has 0 saturated carbocycles. The van der Waals surface area contributed by atoms with Gasteiger partial charge in [0, 0.05) is 24.7 Å². The average molecular weight is 300 g/mol. The third kappa shape index (κ3) is 3.75. The quantitative estimate of drug-likeness (QED) is 0.914. The minimum Gasteiger partial charge on any atom is -0.403 e. The number of pyridine rings is 1. The Bertz CT molecular complexity index is 629. The van der Waals surface area contributed by atoms with E-state index in [0.29, 0.717) is 23.3 Å². The van der Waals surface area contributed by atoms with Gasteiger partial charge in [0.05, 0.1) is 12.3 Å². The molecule has 0 aliphatic carbocycles. The summed E-state index contributed by atoms with van der Waals surface area (Å²) in [4.78, 5) is 4.20. The number of anilines is 1. The summed E-state index contributed by atoms with van der Waals surface area (Å²) in [5, 5.41) is 3.68. The van der Waals surface area contributed by atoms with E-state index in [2.05, 4.69) is 15.0 Å². The lowest BCUT2D eigenvalue weighted by atomic mass is 10.1. The predicted molar refractivity (Wildman–Crippen MR) is 73.3 cm³/mol. The molecule has 0 aliphatic heterocycles. The lowest BCUT2D eigenvalue weighted by Gasteiger charge is -2.14. The fourth-order valence-corrected chi connectivity index (χ4v) is 2.04. The highest BCUT2D eigenvalue weighted by atomic mass is 19.4. The van der Waals surface area contributed by atoms with E-state index in [9.17, 15) is 13.2 Å². The second-order valence-corrected chi connectivity index (χ2v) is 4.32. The van der Waals surface area contributed by atoms with Crippen molar-refractivity contribution in [2.24, 2.45) is 0 Å². The highest BCUT2D eigenvalue weighted by Gasteiger charge is 2.32. The summed E-state index contributed by atoms with van der Waals surface area (Å²) < 4.78 is 46.5. The van der Waals surface area contributed by atoms with E-state index in [1.165, 1.54) is 19.2 Å². The summed E-state index contributed by atoms with van der Waals surface area (Å²) in [6.07, 6.45) is -4.76. The molecule has 1 aromatic heterocycles.